The summed E-state index contributed by atoms with van der Waals surface area (Å²) in [6, 6.07) is 16.8. The van der Waals surface area contributed by atoms with Crippen molar-refractivity contribution in [2.24, 2.45) is 0 Å². The highest BCUT2D eigenvalue weighted by Crippen LogP contribution is 2.30. The molecule has 2 amide bonds. The number of benzene rings is 3. The van der Waals surface area contributed by atoms with Crippen molar-refractivity contribution in [2.75, 3.05) is 23.7 Å². The molecule has 43 heavy (non-hydrogen) atoms. The van der Waals surface area contributed by atoms with Crippen molar-refractivity contribution in [1.82, 2.24) is 10.2 Å². The van der Waals surface area contributed by atoms with Crippen molar-refractivity contribution in [2.45, 2.75) is 62.5 Å². The Balaban J connectivity index is 2.07. The topological polar surface area (TPSA) is 96.0 Å². The molecule has 0 saturated heterocycles. The third-order valence-electron chi connectivity index (χ3n) is 6.92. The molecule has 0 heterocycles. The van der Waals surface area contributed by atoms with Crippen molar-refractivity contribution in [3.05, 3.63) is 82.3 Å². The Morgan fingerprint density at radius 1 is 0.953 bits per heavy atom. The molecular formula is C31H37Cl2N3O5S2. The molecule has 0 bridgehead atoms. The summed E-state index contributed by atoms with van der Waals surface area (Å²) >= 11 is 14.4. The summed E-state index contributed by atoms with van der Waals surface area (Å²) in [5.74, 6) is -0.431. The van der Waals surface area contributed by atoms with Crippen molar-refractivity contribution in [3.8, 4) is 5.75 Å². The van der Waals surface area contributed by atoms with Gasteiger partial charge in [-0.15, -0.1) is 11.8 Å². The summed E-state index contributed by atoms with van der Waals surface area (Å²) in [5.41, 5.74) is 0.712. The van der Waals surface area contributed by atoms with E-state index in [1.54, 1.807) is 61.5 Å². The van der Waals surface area contributed by atoms with Gasteiger partial charge in [0.1, 0.15) is 18.3 Å². The largest absolute Gasteiger partial charge is 0.494 e. The van der Waals surface area contributed by atoms with Crippen molar-refractivity contribution < 1.29 is 22.7 Å². The minimum absolute atomic E-state index is 0.0234. The molecule has 2 atom stereocenters. The van der Waals surface area contributed by atoms with E-state index in [1.807, 2.05) is 27.0 Å². The third kappa shape index (κ3) is 8.81. The number of nitrogens with one attached hydrogen (secondary N) is 1. The molecule has 0 aliphatic carbocycles. The Morgan fingerprint density at radius 2 is 1.56 bits per heavy atom. The molecule has 0 aliphatic heterocycles. The van der Waals surface area contributed by atoms with Gasteiger partial charge in [-0.1, -0.05) is 36.2 Å². The highest BCUT2D eigenvalue weighted by molar-refractivity contribution is 7.98. The molecule has 0 fully saturated rings. The van der Waals surface area contributed by atoms with Crippen LogP contribution in [0.15, 0.2) is 76.5 Å². The molecule has 0 aromatic heterocycles. The highest BCUT2D eigenvalue weighted by atomic mass is 35.5. The van der Waals surface area contributed by atoms with Crippen LogP contribution in [0.3, 0.4) is 0 Å². The summed E-state index contributed by atoms with van der Waals surface area (Å²) in [5, 5.41) is 3.55. The maximum Gasteiger partial charge on any atom is 0.264 e. The van der Waals surface area contributed by atoms with Crippen LogP contribution in [0.2, 0.25) is 10.0 Å². The molecule has 0 unspecified atom stereocenters. The van der Waals surface area contributed by atoms with Crippen LogP contribution < -0.4 is 14.4 Å². The average molecular weight is 667 g/mol. The van der Waals surface area contributed by atoms with Crippen LogP contribution in [0.4, 0.5) is 5.69 Å². The fourth-order valence-electron chi connectivity index (χ4n) is 4.18. The zero-order valence-corrected chi connectivity index (χ0v) is 28.0. The van der Waals surface area contributed by atoms with Gasteiger partial charge in [0, 0.05) is 33.1 Å². The second-order valence-corrected chi connectivity index (χ2v) is 13.4. The summed E-state index contributed by atoms with van der Waals surface area (Å²) in [6.45, 7) is 7.00. The normalized spacial score (nSPS) is 12.7. The minimum Gasteiger partial charge on any atom is -0.494 e. The van der Waals surface area contributed by atoms with Crippen molar-refractivity contribution in [3.63, 3.8) is 0 Å². The first-order chi connectivity index (χ1) is 20.4. The number of carbonyl (C=O) groups is 2. The maximum absolute atomic E-state index is 14.1. The van der Waals surface area contributed by atoms with Gasteiger partial charge in [0.05, 0.1) is 17.2 Å². The van der Waals surface area contributed by atoms with E-state index in [2.05, 4.69) is 5.32 Å². The molecular weight excluding hydrogens is 629 g/mol. The van der Waals surface area contributed by atoms with Crippen LogP contribution in [0, 0.1) is 0 Å². The van der Waals surface area contributed by atoms with Gasteiger partial charge < -0.3 is 15.0 Å². The van der Waals surface area contributed by atoms with Crippen LogP contribution in [-0.2, 0) is 26.2 Å². The zero-order chi connectivity index (χ0) is 31.7. The number of hydrogen-bond donors (Lipinski definition) is 1. The van der Waals surface area contributed by atoms with Gasteiger partial charge in [0.25, 0.3) is 10.0 Å². The number of hydrogen-bond acceptors (Lipinski definition) is 6. The van der Waals surface area contributed by atoms with Crippen LogP contribution in [0.1, 0.15) is 39.7 Å². The van der Waals surface area contributed by atoms with E-state index in [9.17, 15) is 18.0 Å². The fourth-order valence-corrected chi connectivity index (χ4v) is 6.52. The summed E-state index contributed by atoms with van der Waals surface area (Å²) in [4.78, 5) is 29.6. The van der Waals surface area contributed by atoms with Gasteiger partial charge >= 0.3 is 0 Å². The monoisotopic (exact) mass is 665 g/mol. The number of halogens is 2. The zero-order valence-electron chi connectivity index (χ0n) is 24.8. The van der Waals surface area contributed by atoms with Gasteiger partial charge in [0.15, 0.2) is 0 Å². The lowest BCUT2D eigenvalue weighted by atomic mass is 10.1. The first-order valence-electron chi connectivity index (χ1n) is 13.8. The molecule has 1 N–H and O–H groups in total. The molecule has 0 spiro atoms. The van der Waals surface area contributed by atoms with E-state index < -0.39 is 28.5 Å². The second kappa shape index (κ2) is 15.7. The number of ether oxygens (including phenoxy) is 1. The summed E-state index contributed by atoms with van der Waals surface area (Å²) < 4.78 is 34.7. The number of rotatable bonds is 14. The first kappa shape index (κ1) is 34.6. The van der Waals surface area contributed by atoms with E-state index in [4.69, 9.17) is 27.9 Å². The Hall–Kier alpha value is -2.92. The fraction of sp³-hybridized carbons (Fsp3) is 0.355. The lowest BCUT2D eigenvalue weighted by molar-refractivity contribution is -0.139. The van der Waals surface area contributed by atoms with E-state index in [0.29, 0.717) is 34.4 Å². The van der Waals surface area contributed by atoms with Crippen molar-refractivity contribution >= 4 is 62.5 Å². The molecule has 3 rings (SSSR count). The predicted octanol–water partition coefficient (Wildman–Crippen LogP) is 6.64. The Morgan fingerprint density at radius 3 is 2.09 bits per heavy atom. The second-order valence-electron chi connectivity index (χ2n) is 9.83. The molecule has 232 valence electrons. The van der Waals surface area contributed by atoms with Crippen LogP contribution in [-0.4, -0.2) is 56.6 Å². The molecule has 12 heteroatoms. The van der Waals surface area contributed by atoms with E-state index in [1.165, 1.54) is 28.8 Å². The third-order valence-corrected chi connectivity index (χ3v) is 10.2. The number of carbonyl (C=O) groups excluding carboxylic acids is 2. The van der Waals surface area contributed by atoms with Gasteiger partial charge in [-0.2, -0.15) is 0 Å². The molecule has 8 nitrogen and oxygen atoms in total. The molecule has 3 aromatic rings. The maximum atomic E-state index is 14.1. The number of sulfonamides is 1. The van der Waals surface area contributed by atoms with Gasteiger partial charge in [-0.05, 0) is 94.1 Å². The number of anilines is 1. The summed E-state index contributed by atoms with van der Waals surface area (Å²) in [7, 11) is -4.21. The first-order valence-corrected chi connectivity index (χ1v) is 17.3. The number of nitrogens with zero attached hydrogens (tertiary/aromatic N) is 2. The SMILES string of the molecule is CCOc1ccc(N(CC(=O)N(Cc2c(Cl)cccc2Cl)[C@H](C)C(=O)N[C@H](C)CC)S(=O)(=O)c2ccc(SC)cc2)cc1. The molecule has 3 aromatic carbocycles. The van der Waals surface area contributed by atoms with Crippen LogP contribution >= 0.6 is 35.0 Å². The standard InChI is InChI=1S/C31H37Cl2N3O5S2/c1-6-21(3)34-31(38)22(4)35(19-27-28(32)9-8-10-29(27)33)30(37)20-36(23-11-13-24(14-12-23)41-7-2)43(39,40)26-17-15-25(42-5)16-18-26/h8-18,21-22H,6-7,19-20H2,1-5H3,(H,34,38)/t21-,22-/m1/s1. The van der Waals surface area contributed by atoms with E-state index >= 15 is 0 Å². The molecule has 0 radical (unpaired) electrons. The predicted molar refractivity (Wildman–Crippen MR) is 175 cm³/mol. The Labute approximate surface area is 268 Å². The highest BCUT2D eigenvalue weighted by Gasteiger charge is 2.33. The van der Waals surface area contributed by atoms with Crippen LogP contribution in [0.5, 0.6) is 5.75 Å². The van der Waals surface area contributed by atoms with Gasteiger partial charge in [0.2, 0.25) is 11.8 Å². The van der Waals surface area contributed by atoms with E-state index in [0.717, 1.165) is 9.20 Å². The average Bonchev–Trinajstić information content (AvgIpc) is 2.99. The summed E-state index contributed by atoms with van der Waals surface area (Å²) in [6.07, 6.45) is 2.59. The lowest BCUT2D eigenvalue weighted by Gasteiger charge is -2.33. The molecule has 0 saturated carbocycles. The molecule has 0 aliphatic rings. The van der Waals surface area contributed by atoms with E-state index in [-0.39, 0.29) is 29.1 Å². The van der Waals surface area contributed by atoms with Gasteiger partial charge in [-0.25, -0.2) is 8.42 Å². The van der Waals surface area contributed by atoms with Crippen molar-refractivity contribution in [1.29, 1.82) is 0 Å². The smallest absolute Gasteiger partial charge is 0.264 e. The number of thioether (sulfide) groups is 1. The number of amides is 2. The van der Waals surface area contributed by atoms with Gasteiger partial charge in [-0.3, -0.25) is 13.9 Å². The lowest BCUT2D eigenvalue weighted by Crippen LogP contribution is -2.52. The minimum atomic E-state index is -4.21. The Kier molecular flexibility index (Phi) is 12.6. The van der Waals surface area contributed by atoms with Crippen LogP contribution in [0.25, 0.3) is 0 Å². The quantitative estimate of drug-likeness (QED) is 0.194. The Bertz CT molecular complexity index is 1480.